The molecule has 2 heterocycles. The van der Waals surface area contributed by atoms with E-state index in [1.807, 2.05) is 0 Å². The summed E-state index contributed by atoms with van der Waals surface area (Å²) in [6, 6.07) is 12.8. The van der Waals surface area contributed by atoms with Gasteiger partial charge in [0, 0.05) is 10.9 Å². The maximum atomic E-state index is 12.8. The molecule has 1 saturated heterocycles. The van der Waals surface area contributed by atoms with Gasteiger partial charge in [-0.15, -0.1) is 0 Å². The Balaban J connectivity index is 1.64. The molecule has 5 atom stereocenters. The molecule has 1 unspecified atom stereocenters. The second kappa shape index (κ2) is 8.04. The van der Waals surface area contributed by atoms with Crippen LogP contribution < -0.4 is 4.74 Å². The molecule has 0 amide bonds. The summed E-state index contributed by atoms with van der Waals surface area (Å²) >= 11 is 0. The van der Waals surface area contributed by atoms with Gasteiger partial charge in [0.25, 0.3) is 10.1 Å². The highest BCUT2D eigenvalue weighted by Gasteiger charge is 2.50. The molecule has 10 nitrogen and oxygen atoms in total. The van der Waals surface area contributed by atoms with E-state index >= 15 is 0 Å². The molecule has 2 aromatic carbocycles. The van der Waals surface area contributed by atoms with Gasteiger partial charge in [-0.05, 0) is 18.2 Å². The molecule has 11 heteroatoms. The Morgan fingerprint density at radius 1 is 0.968 bits per heavy atom. The van der Waals surface area contributed by atoms with Gasteiger partial charge in [-0.2, -0.15) is 8.42 Å². The van der Waals surface area contributed by atoms with Crippen molar-refractivity contribution in [1.29, 1.82) is 0 Å². The van der Waals surface area contributed by atoms with E-state index in [1.54, 1.807) is 30.3 Å². The van der Waals surface area contributed by atoms with Crippen molar-refractivity contribution in [2.75, 3.05) is 0 Å². The minimum absolute atomic E-state index is 0.0535. The zero-order valence-electron chi connectivity index (χ0n) is 15.7. The molecule has 0 spiro atoms. The number of rotatable bonds is 5. The van der Waals surface area contributed by atoms with Crippen LogP contribution in [0.4, 0.5) is 0 Å². The quantitative estimate of drug-likeness (QED) is 0.321. The smallest absolute Gasteiger partial charge is 0.295 e. The molecule has 1 aliphatic heterocycles. The van der Waals surface area contributed by atoms with Crippen molar-refractivity contribution >= 4 is 26.9 Å². The number of furan rings is 1. The summed E-state index contributed by atoms with van der Waals surface area (Å²) in [7, 11) is -4.91. The van der Waals surface area contributed by atoms with Crippen LogP contribution in [0.3, 0.4) is 0 Å². The number of carbonyl (C=O) groups is 1. The van der Waals surface area contributed by atoms with Gasteiger partial charge in [0.15, 0.2) is 5.78 Å². The van der Waals surface area contributed by atoms with Gasteiger partial charge in [-0.3, -0.25) is 9.35 Å². The van der Waals surface area contributed by atoms with Crippen molar-refractivity contribution in [2.24, 2.45) is 0 Å². The number of benzene rings is 2. The van der Waals surface area contributed by atoms with Gasteiger partial charge in [0.05, 0.1) is 5.56 Å². The molecule has 164 valence electrons. The molecule has 31 heavy (non-hydrogen) atoms. The summed E-state index contributed by atoms with van der Waals surface area (Å²) in [6.07, 6.45) is -6.30. The fraction of sp³-hybridized carbons (Fsp3) is 0.250. The van der Waals surface area contributed by atoms with Gasteiger partial charge in [-0.25, -0.2) is 0 Å². The maximum absolute atomic E-state index is 12.8. The molecule has 1 aromatic heterocycles. The SMILES string of the molecule is O=C(c1ccccc1)c1coc2ccc(O[C@@H]3OC(S(=O)(=O)O)[C@@H](O)[C@H](O)[C@H]3O)cc12. The zero-order valence-corrected chi connectivity index (χ0v) is 16.5. The van der Waals surface area contributed by atoms with Gasteiger partial charge in [0.1, 0.15) is 35.9 Å². The summed E-state index contributed by atoms with van der Waals surface area (Å²) in [5.74, 6) is -0.242. The first-order valence-electron chi connectivity index (χ1n) is 9.10. The van der Waals surface area contributed by atoms with Crippen molar-refractivity contribution < 1.29 is 47.0 Å². The summed E-state index contributed by atoms with van der Waals surface area (Å²) in [5.41, 5.74) is -1.15. The van der Waals surface area contributed by atoms with Crippen LogP contribution in [-0.2, 0) is 14.9 Å². The van der Waals surface area contributed by atoms with Crippen LogP contribution in [0.2, 0.25) is 0 Å². The van der Waals surface area contributed by atoms with E-state index in [1.165, 1.54) is 24.5 Å². The van der Waals surface area contributed by atoms with Gasteiger partial charge >= 0.3 is 0 Å². The van der Waals surface area contributed by atoms with E-state index in [2.05, 4.69) is 0 Å². The Labute approximate surface area is 176 Å². The molecule has 0 aliphatic carbocycles. The Hall–Kier alpha value is -2.80. The summed E-state index contributed by atoms with van der Waals surface area (Å²) in [5, 5.41) is 30.2. The molecule has 4 N–H and O–H groups in total. The predicted octanol–water partition coefficient (Wildman–Crippen LogP) is 0.695. The maximum Gasteiger partial charge on any atom is 0.295 e. The van der Waals surface area contributed by atoms with Crippen molar-refractivity contribution in [3.63, 3.8) is 0 Å². The van der Waals surface area contributed by atoms with Crippen LogP contribution in [0, 0.1) is 0 Å². The molecule has 3 aromatic rings. The second-order valence-electron chi connectivity index (χ2n) is 6.98. The monoisotopic (exact) mass is 450 g/mol. The van der Waals surface area contributed by atoms with E-state index in [9.17, 15) is 33.1 Å². The average Bonchev–Trinajstić information content (AvgIpc) is 3.16. The number of aliphatic hydroxyl groups is 3. The molecular weight excluding hydrogens is 432 g/mol. The molecule has 0 radical (unpaired) electrons. The normalized spacial score (nSPS) is 26.6. The molecule has 4 rings (SSSR count). The lowest BCUT2D eigenvalue weighted by atomic mass is 10.0. The first kappa shape index (κ1) is 21.4. The van der Waals surface area contributed by atoms with Crippen LogP contribution in [-0.4, -0.2) is 64.1 Å². The molecular formula is C20H18O10S. The van der Waals surface area contributed by atoms with Crippen molar-refractivity contribution in [3.8, 4) is 5.75 Å². The topological polar surface area (TPSA) is 164 Å². The standard InChI is InChI=1S/C20H18O10S/c21-15(10-4-2-1-3-5-10)13-9-28-14-7-6-11(8-12(13)14)29-19-17(23)16(22)18(24)20(30-19)31(25,26)27/h1-9,16-20,22-24H,(H,25,26,27)/t16-,17-,18+,19-,20?/m1/s1. The van der Waals surface area contributed by atoms with E-state index < -0.39 is 40.2 Å². The number of hydrogen-bond donors (Lipinski definition) is 4. The summed E-state index contributed by atoms with van der Waals surface area (Å²) in [6.45, 7) is 0. The van der Waals surface area contributed by atoms with Gasteiger partial charge in [-0.1, -0.05) is 30.3 Å². The van der Waals surface area contributed by atoms with Crippen LogP contribution in [0.5, 0.6) is 5.75 Å². The van der Waals surface area contributed by atoms with E-state index in [0.717, 1.165) is 0 Å². The van der Waals surface area contributed by atoms with Crippen molar-refractivity contribution in [2.45, 2.75) is 30.0 Å². The lowest BCUT2D eigenvalue weighted by Gasteiger charge is -2.38. The number of ether oxygens (including phenoxy) is 2. The third-order valence-electron chi connectivity index (χ3n) is 4.90. The highest BCUT2D eigenvalue weighted by Crippen LogP contribution is 2.31. The first-order valence-corrected chi connectivity index (χ1v) is 10.6. The van der Waals surface area contributed by atoms with Crippen LogP contribution in [0.25, 0.3) is 11.0 Å². The molecule has 0 bridgehead atoms. The van der Waals surface area contributed by atoms with Crippen LogP contribution in [0.1, 0.15) is 15.9 Å². The minimum atomic E-state index is -4.91. The molecule has 1 aliphatic rings. The highest BCUT2D eigenvalue weighted by atomic mass is 32.2. The lowest BCUT2D eigenvalue weighted by molar-refractivity contribution is -0.254. The predicted molar refractivity (Wildman–Crippen MR) is 105 cm³/mol. The fourth-order valence-electron chi connectivity index (χ4n) is 3.30. The summed E-state index contributed by atoms with van der Waals surface area (Å²) in [4.78, 5) is 12.8. The number of ketones is 1. The van der Waals surface area contributed by atoms with Crippen LogP contribution in [0.15, 0.2) is 59.2 Å². The fourth-order valence-corrected chi connectivity index (χ4v) is 4.06. The first-order chi connectivity index (χ1) is 14.7. The average molecular weight is 450 g/mol. The van der Waals surface area contributed by atoms with E-state index in [0.29, 0.717) is 16.5 Å². The Bertz CT molecular complexity index is 1200. The van der Waals surface area contributed by atoms with E-state index in [-0.39, 0.29) is 17.1 Å². The molecule has 0 saturated carbocycles. The Morgan fingerprint density at radius 2 is 1.68 bits per heavy atom. The van der Waals surface area contributed by atoms with Crippen molar-refractivity contribution in [3.05, 3.63) is 65.9 Å². The minimum Gasteiger partial charge on any atom is -0.464 e. The third kappa shape index (κ3) is 4.06. The van der Waals surface area contributed by atoms with Crippen molar-refractivity contribution in [1.82, 2.24) is 0 Å². The number of fused-ring (bicyclic) bond motifs is 1. The Morgan fingerprint density at radius 3 is 2.35 bits per heavy atom. The number of aliphatic hydroxyl groups excluding tert-OH is 3. The largest absolute Gasteiger partial charge is 0.464 e. The zero-order chi connectivity index (χ0) is 22.3. The van der Waals surface area contributed by atoms with Gasteiger partial charge in [0.2, 0.25) is 11.7 Å². The number of carbonyl (C=O) groups excluding carboxylic acids is 1. The Kier molecular flexibility index (Phi) is 5.56. The van der Waals surface area contributed by atoms with E-state index in [4.69, 9.17) is 13.9 Å². The number of hydrogen-bond acceptors (Lipinski definition) is 9. The lowest BCUT2D eigenvalue weighted by Crippen LogP contribution is -2.61. The summed E-state index contributed by atoms with van der Waals surface area (Å²) < 4.78 is 47.9. The molecule has 1 fully saturated rings. The second-order valence-corrected chi connectivity index (χ2v) is 8.47. The van der Waals surface area contributed by atoms with Gasteiger partial charge < -0.3 is 29.2 Å². The third-order valence-corrected chi connectivity index (χ3v) is 5.87. The highest BCUT2D eigenvalue weighted by molar-refractivity contribution is 7.86. The van der Waals surface area contributed by atoms with Crippen LogP contribution >= 0.6 is 0 Å².